The molecule has 0 spiro atoms. The molecule has 128 valence electrons. The van der Waals surface area contributed by atoms with Crippen LogP contribution in [0, 0.1) is 5.82 Å². The van der Waals surface area contributed by atoms with Crippen molar-refractivity contribution < 1.29 is 12.8 Å². The van der Waals surface area contributed by atoms with Crippen LogP contribution in [0.25, 0.3) is 0 Å². The van der Waals surface area contributed by atoms with Gasteiger partial charge in [0.2, 0.25) is 10.0 Å². The Hall–Kier alpha value is -2.46. The van der Waals surface area contributed by atoms with E-state index in [2.05, 4.69) is 4.98 Å². The van der Waals surface area contributed by atoms with Gasteiger partial charge >= 0.3 is 5.69 Å². The van der Waals surface area contributed by atoms with Gasteiger partial charge in [-0.15, -0.1) is 0 Å². The summed E-state index contributed by atoms with van der Waals surface area (Å²) in [6, 6.07) is 5.95. The van der Waals surface area contributed by atoms with E-state index in [1.165, 1.54) is 16.4 Å². The van der Waals surface area contributed by atoms with Crippen molar-refractivity contribution >= 4 is 15.7 Å². The van der Waals surface area contributed by atoms with Gasteiger partial charge in [-0.3, -0.25) is 9.78 Å². The van der Waals surface area contributed by atoms with Crippen molar-refractivity contribution in [3.63, 3.8) is 0 Å². The van der Waals surface area contributed by atoms with Crippen molar-refractivity contribution in [3.05, 3.63) is 57.1 Å². The smallest absolute Gasteiger partial charge is 0.325 e. The molecule has 2 heterocycles. The van der Waals surface area contributed by atoms with Gasteiger partial charge in [-0.1, -0.05) is 0 Å². The summed E-state index contributed by atoms with van der Waals surface area (Å²) < 4.78 is 39.2. The molecule has 0 radical (unpaired) electrons. The van der Waals surface area contributed by atoms with E-state index in [0.717, 1.165) is 11.9 Å². The van der Waals surface area contributed by atoms with Gasteiger partial charge in [0.05, 0.1) is 0 Å². The number of benzene rings is 1. The lowest BCUT2D eigenvalue weighted by molar-refractivity contribution is 0.384. The summed E-state index contributed by atoms with van der Waals surface area (Å²) in [4.78, 5) is 28.2. The molecule has 10 heteroatoms. The van der Waals surface area contributed by atoms with Crippen LogP contribution in [0.15, 0.2) is 44.9 Å². The highest BCUT2D eigenvalue weighted by atomic mass is 32.2. The second kappa shape index (κ2) is 6.21. The predicted octanol–water partition coefficient (Wildman–Crippen LogP) is -0.287. The van der Waals surface area contributed by atoms with Crippen molar-refractivity contribution in [2.24, 2.45) is 0 Å². The summed E-state index contributed by atoms with van der Waals surface area (Å²) in [6.07, 6.45) is 0.906. The number of anilines is 1. The van der Waals surface area contributed by atoms with Gasteiger partial charge in [0.15, 0.2) is 4.90 Å². The number of aromatic nitrogens is 2. The molecule has 1 aliphatic rings. The molecule has 0 bridgehead atoms. The Balaban J connectivity index is 1.77. The minimum absolute atomic E-state index is 0.179. The van der Waals surface area contributed by atoms with E-state index < -0.39 is 26.2 Å². The number of H-pyrrole nitrogens is 2. The van der Waals surface area contributed by atoms with Crippen LogP contribution in [-0.2, 0) is 10.0 Å². The lowest BCUT2D eigenvalue weighted by Gasteiger charge is -2.35. The fraction of sp³-hybridized carbons (Fsp3) is 0.286. The molecule has 0 aliphatic carbocycles. The molecule has 0 atom stereocenters. The van der Waals surface area contributed by atoms with E-state index in [0.29, 0.717) is 13.1 Å². The van der Waals surface area contributed by atoms with Gasteiger partial charge in [0, 0.05) is 38.1 Å². The van der Waals surface area contributed by atoms with Crippen LogP contribution >= 0.6 is 0 Å². The van der Waals surface area contributed by atoms with Crippen LogP contribution in [0.2, 0.25) is 0 Å². The molecule has 8 nitrogen and oxygen atoms in total. The standard InChI is InChI=1S/C14H15FN4O4S/c15-10-1-3-11(4-2-10)18-5-7-19(8-6-18)24(22,23)12-9-16-14(21)17-13(12)20/h1-4,9H,5-8H2,(H2,16,17,20,21). The molecule has 24 heavy (non-hydrogen) atoms. The third-order valence-electron chi connectivity index (χ3n) is 3.83. The number of rotatable bonds is 3. The first kappa shape index (κ1) is 16.4. The van der Waals surface area contributed by atoms with Crippen LogP contribution in [0.3, 0.4) is 0 Å². The van der Waals surface area contributed by atoms with Crippen LogP contribution in [0.5, 0.6) is 0 Å². The fourth-order valence-corrected chi connectivity index (χ4v) is 3.98. The Labute approximate surface area is 136 Å². The van der Waals surface area contributed by atoms with Crippen molar-refractivity contribution in [1.82, 2.24) is 14.3 Å². The van der Waals surface area contributed by atoms with Crippen LogP contribution < -0.4 is 16.1 Å². The summed E-state index contributed by atoms with van der Waals surface area (Å²) >= 11 is 0. The van der Waals surface area contributed by atoms with E-state index in [9.17, 15) is 22.4 Å². The largest absolute Gasteiger partial charge is 0.369 e. The van der Waals surface area contributed by atoms with Gasteiger partial charge in [-0.25, -0.2) is 17.6 Å². The number of nitrogens with zero attached hydrogens (tertiary/aromatic N) is 2. The first-order valence-electron chi connectivity index (χ1n) is 7.20. The Morgan fingerprint density at radius 2 is 1.62 bits per heavy atom. The molecule has 2 aromatic rings. The Kier molecular flexibility index (Phi) is 4.24. The zero-order valence-corrected chi connectivity index (χ0v) is 13.3. The molecule has 1 aliphatic heterocycles. The predicted molar refractivity (Wildman–Crippen MR) is 85.1 cm³/mol. The number of halogens is 1. The Morgan fingerprint density at radius 3 is 2.21 bits per heavy atom. The molecular formula is C14H15FN4O4S. The first-order valence-corrected chi connectivity index (χ1v) is 8.64. The van der Waals surface area contributed by atoms with E-state index in [4.69, 9.17) is 0 Å². The van der Waals surface area contributed by atoms with Crippen LogP contribution in [0.4, 0.5) is 10.1 Å². The maximum atomic E-state index is 13.0. The number of hydrogen-bond donors (Lipinski definition) is 2. The molecule has 1 aromatic heterocycles. The number of aromatic amines is 2. The second-order valence-electron chi connectivity index (χ2n) is 5.30. The van der Waals surface area contributed by atoms with E-state index in [1.54, 1.807) is 12.1 Å². The topological polar surface area (TPSA) is 106 Å². The third kappa shape index (κ3) is 3.10. The zero-order chi connectivity index (χ0) is 17.3. The molecular weight excluding hydrogens is 339 g/mol. The molecule has 1 saturated heterocycles. The van der Waals surface area contributed by atoms with Crippen molar-refractivity contribution in [1.29, 1.82) is 0 Å². The van der Waals surface area contributed by atoms with E-state index in [-0.39, 0.29) is 18.9 Å². The monoisotopic (exact) mass is 354 g/mol. The maximum Gasteiger partial charge on any atom is 0.325 e. The SMILES string of the molecule is O=c1[nH]cc(S(=O)(=O)N2CCN(c3ccc(F)cc3)CC2)c(=O)[nH]1. The normalized spacial score (nSPS) is 16.3. The summed E-state index contributed by atoms with van der Waals surface area (Å²) in [5.41, 5.74) is -0.907. The Bertz CT molecular complexity index is 944. The fourth-order valence-electron chi connectivity index (χ4n) is 2.57. The molecule has 1 fully saturated rings. The lowest BCUT2D eigenvalue weighted by Crippen LogP contribution is -2.49. The average molecular weight is 354 g/mol. The van der Waals surface area contributed by atoms with E-state index >= 15 is 0 Å². The lowest BCUT2D eigenvalue weighted by atomic mass is 10.2. The third-order valence-corrected chi connectivity index (χ3v) is 5.74. The minimum atomic E-state index is -3.99. The molecule has 2 N–H and O–H groups in total. The summed E-state index contributed by atoms with van der Waals surface area (Å²) in [5.74, 6) is -0.336. The van der Waals surface area contributed by atoms with Crippen molar-refractivity contribution in [3.8, 4) is 0 Å². The Morgan fingerprint density at radius 1 is 1.00 bits per heavy atom. The molecule has 1 aromatic carbocycles. The van der Waals surface area contributed by atoms with E-state index in [1.807, 2.05) is 9.88 Å². The highest BCUT2D eigenvalue weighted by molar-refractivity contribution is 7.89. The van der Waals surface area contributed by atoms with Gasteiger partial charge in [0.25, 0.3) is 5.56 Å². The van der Waals surface area contributed by atoms with Crippen LogP contribution in [0.1, 0.15) is 0 Å². The first-order chi connectivity index (χ1) is 11.4. The van der Waals surface area contributed by atoms with Crippen molar-refractivity contribution in [2.75, 3.05) is 31.1 Å². The van der Waals surface area contributed by atoms with Gasteiger partial charge in [-0.2, -0.15) is 4.31 Å². The van der Waals surface area contributed by atoms with Gasteiger partial charge in [0.1, 0.15) is 5.82 Å². The minimum Gasteiger partial charge on any atom is -0.369 e. The highest BCUT2D eigenvalue weighted by Gasteiger charge is 2.30. The number of hydrogen-bond acceptors (Lipinski definition) is 5. The highest BCUT2D eigenvalue weighted by Crippen LogP contribution is 2.19. The van der Waals surface area contributed by atoms with Gasteiger partial charge in [-0.05, 0) is 24.3 Å². The number of piperazine rings is 1. The molecule has 0 unspecified atom stereocenters. The molecule has 3 rings (SSSR count). The molecule has 0 amide bonds. The average Bonchev–Trinajstić information content (AvgIpc) is 2.55. The van der Waals surface area contributed by atoms with Gasteiger partial charge < -0.3 is 9.88 Å². The second-order valence-corrected chi connectivity index (χ2v) is 7.21. The molecule has 0 saturated carbocycles. The quantitative estimate of drug-likeness (QED) is 0.788. The van der Waals surface area contributed by atoms with Crippen molar-refractivity contribution in [2.45, 2.75) is 4.90 Å². The summed E-state index contributed by atoms with van der Waals surface area (Å²) in [7, 11) is -3.99. The number of nitrogens with one attached hydrogen (secondary N) is 2. The number of sulfonamides is 1. The summed E-state index contributed by atoms with van der Waals surface area (Å²) in [5, 5.41) is 0. The maximum absolute atomic E-state index is 13.0. The zero-order valence-electron chi connectivity index (χ0n) is 12.5. The van der Waals surface area contributed by atoms with Crippen LogP contribution in [-0.4, -0.2) is 48.9 Å². The summed E-state index contributed by atoms with van der Waals surface area (Å²) in [6.45, 7) is 1.18.